The van der Waals surface area contributed by atoms with Gasteiger partial charge in [-0.1, -0.05) is 32.9 Å². The normalized spacial score (nSPS) is 12.9. The molecular formula is C16H23N3. The topological polar surface area (TPSA) is 54.7 Å². The Labute approximate surface area is 115 Å². The van der Waals surface area contributed by atoms with E-state index in [2.05, 4.69) is 55.9 Å². The molecule has 0 bridgehead atoms. The van der Waals surface area contributed by atoms with E-state index in [-0.39, 0.29) is 5.92 Å². The first-order chi connectivity index (χ1) is 9.02. The molecule has 0 saturated heterocycles. The van der Waals surface area contributed by atoms with Crippen LogP contribution in [-0.2, 0) is 0 Å². The first-order valence-corrected chi connectivity index (χ1v) is 6.88. The number of hydrogen-bond acceptors (Lipinski definition) is 2. The van der Waals surface area contributed by atoms with Crippen molar-refractivity contribution in [2.45, 2.75) is 39.5 Å². The first-order valence-electron chi connectivity index (χ1n) is 6.88. The molecule has 0 spiro atoms. The Hall–Kier alpha value is -1.61. The molecule has 1 unspecified atom stereocenters. The van der Waals surface area contributed by atoms with Crippen molar-refractivity contribution in [2.75, 3.05) is 6.54 Å². The van der Waals surface area contributed by atoms with Gasteiger partial charge < -0.3 is 10.7 Å². The fourth-order valence-corrected chi connectivity index (χ4v) is 2.12. The number of rotatable bonds is 4. The average molecular weight is 257 g/mol. The molecule has 0 saturated carbocycles. The summed E-state index contributed by atoms with van der Waals surface area (Å²) < 4.78 is 0. The lowest BCUT2D eigenvalue weighted by Gasteiger charge is -2.10. The Morgan fingerprint density at radius 1 is 1.26 bits per heavy atom. The quantitative estimate of drug-likeness (QED) is 0.879. The van der Waals surface area contributed by atoms with E-state index in [9.17, 15) is 0 Å². The standard InChI is InChI=1S/C16H23N3/c1-10(2)13-6-5-11(3)14(7-13)15-9-18-16(19-15)12(4)8-17/h5-7,9-10,12H,8,17H2,1-4H3,(H,18,19). The molecule has 2 aromatic rings. The van der Waals surface area contributed by atoms with Crippen LogP contribution in [0.5, 0.6) is 0 Å². The maximum Gasteiger partial charge on any atom is 0.110 e. The van der Waals surface area contributed by atoms with Gasteiger partial charge in [0, 0.05) is 18.0 Å². The Kier molecular flexibility index (Phi) is 4.05. The zero-order chi connectivity index (χ0) is 14.0. The zero-order valence-electron chi connectivity index (χ0n) is 12.2. The number of nitrogens with zero attached hydrogens (tertiary/aromatic N) is 1. The Morgan fingerprint density at radius 3 is 2.63 bits per heavy atom. The highest BCUT2D eigenvalue weighted by molar-refractivity contribution is 5.64. The van der Waals surface area contributed by atoms with E-state index in [0.29, 0.717) is 12.5 Å². The lowest BCUT2D eigenvalue weighted by molar-refractivity contribution is 0.725. The molecule has 19 heavy (non-hydrogen) atoms. The third-order valence-corrected chi connectivity index (χ3v) is 3.63. The Bertz CT molecular complexity index is 555. The Morgan fingerprint density at radius 2 is 2.00 bits per heavy atom. The smallest absolute Gasteiger partial charge is 0.110 e. The monoisotopic (exact) mass is 257 g/mol. The van der Waals surface area contributed by atoms with Crippen LogP contribution >= 0.6 is 0 Å². The SMILES string of the molecule is Cc1ccc(C(C)C)cc1-c1cnc(C(C)CN)[nH]1. The van der Waals surface area contributed by atoms with Crippen LogP contribution < -0.4 is 5.73 Å². The molecule has 102 valence electrons. The van der Waals surface area contributed by atoms with Crippen molar-refractivity contribution >= 4 is 0 Å². The van der Waals surface area contributed by atoms with Crippen molar-refractivity contribution in [2.24, 2.45) is 5.73 Å². The van der Waals surface area contributed by atoms with Gasteiger partial charge in [-0.25, -0.2) is 4.98 Å². The molecule has 1 aromatic carbocycles. The van der Waals surface area contributed by atoms with Crippen LogP contribution in [0.3, 0.4) is 0 Å². The lowest BCUT2D eigenvalue weighted by atomic mass is 9.96. The van der Waals surface area contributed by atoms with Gasteiger partial charge in [0.1, 0.15) is 5.82 Å². The largest absolute Gasteiger partial charge is 0.342 e. The fourth-order valence-electron chi connectivity index (χ4n) is 2.12. The number of aryl methyl sites for hydroxylation is 1. The van der Waals surface area contributed by atoms with Crippen molar-refractivity contribution in [3.8, 4) is 11.3 Å². The summed E-state index contributed by atoms with van der Waals surface area (Å²) in [5.74, 6) is 1.76. The van der Waals surface area contributed by atoms with Crippen LogP contribution in [0, 0.1) is 6.92 Å². The van der Waals surface area contributed by atoms with Gasteiger partial charge in [0.2, 0.25) is 0 Å². The van der Waals surface area contributed by atoms with Gasteiger partial charge in [-0.3, -0.25) is 0 Å². The van der Waals surface area contributed by atoms with E-state index in [1.165, 1.54) is 16.7 Å². The molecule has 1 heterocycles. The minimum Gasteiger partial charge on any atom is -0.342 e. The number of benzene rings is 1. The highest BCUT2D eigenvalue weighted by Crippen LogP contribution is 2.27. The third-order valence-electron chi connectivity index (χ3n) is 3.63. The second kappa shape index (κ2) is 5.57. The molecule has 0 aliphatic heterocycles. The summed E-state index contributed by atoms with van der Waals surface area (Å²) in [4.78, 5) is 7.84. The summed E-state index contributed by atoms with van der Waals surface area (Å²) in [5, 5.41) is 0. The van der Waals surface area contributed by atoms with Gasteiger partial charge in [0.05, 0.1) is 11.9 Å². The van der Waals surface area contributed by atoms with Crippen molar-refractivity contribution in [3.63, 3.8) is 0 Å². The van der Waals surface area contributed by atoms with Gasteiger partial charge in [-0.2, -0.15) is 0 Å². The maximum atomic E-state index is 5.69. The van der Waals surface area contributed by atoms with E-state index >= 15 is 0 Å². The second-order valence-electron chi connectivity index (χ2n) is 5.55. The summed E-state index contributed by atoms with van der Waals surface area (Å²) in [7, 11) is 0. The minimum absolute atomic E-state index is 0.266. The number of nitrogens with one attached hydrogen (secondary N) is 1. The van der Waals surface area contributed by atoms with Crippen LogP contribution in [0.15, 0.2) is 24.4 Å². The molecule has 0 aliphatic carbocycles. The fraction of sp³-hybridized carbons (Fsp3) is 0.438. The van der Waals surface area contributed by atoms with E-state index in [4.69, 9.17) is 5.73 Å². The summed E-state index contributed by atoms with van der Waals surface area (Å²) in [5.41, 5.74) is 10.6. The highest BCUT2D eigenvalue weighted by Gasteiger charge is 2.11. The van der Waals surface area contributed by atoms with Gasteiger partial charge in [0.15, 0.2) is 0 Å². The molecule has 2 rings (SSSR count). The zero-order valence-corrected chi connectivity index (χ0v) is 12.2. The maximum absolute atomic E-state index is 5.69. The first kappa shape index (κ1) is 13.8. The summed E-state index contributed by atoms with van der Waals surface area (Å²) in [6.45, 7) is 9.25. The van der Waals surface area contributed by atoms with E-state index < -0.39 is 0 Å². The van der Waals surface area contributed by atoms with Gasteiger partial charge in [-0.05, 0) is 30.0 Å². The number of nitrogens with two attached hydrogens (primary N) is 1. The number of hydrogen-bond donors (Lipinski definition) is 2. The molecule has 1 atom stereocenters. The predicted molar refractivity (Wildman–Crippen MR) is 80.3 cm³/mol. The average Bonchev–Trinajstić information content (AvgIpc) is 2.87. The molecule has 3 N–H and O–H groups in total. The van der Waals surface area contributed by atoms with Crippen molar-refractivity contribution < 1.29 is 0 Å². The van der Waals surface area contributed by atoms with Crippen molar-refractivity contribution in [1.82, 2.24) is 9.97 Å². The van der Waals surface area contributed by atoms with Crippen LogP contribution in [0.25, 0.3) is 11.3 Å². The molecule has 3 nitrogen and oxygen atoms in total. The molecular weight excluding hydrogens is 234 g/mol. The van der Waals surface area contributed by atoms with E-state index in [0.717, 1.165) is 11.5 Å². The van der Waals surface area contributed by atoms with Gasteiger partial charge in [0.25, 0.3) is 0 Å². The van der Waals surface area contributed by atoms with Crippen LogP contribution in [0.1, 0.15) is 49.6 Å². The van der Waals surface area contributed by atoms with Crippen LogP contribution in [0.4, 0.5) is 0 Å². The van der Waals surface area contributed by atoms with Crippen LogP contribution in [-0.4, -0.2) is 16.5 Å². The number of aromatic amines is 1. The van der Waals surface area contributed by atoms with Crippen LogP contribution in [0.2, 0.25) is 0 Å². The third kappa shape index (κ3) is 2.87. The summed E-state index contributed by atoms with van der Waals surface area (Å²) in [6, 6.07) is 6.63. The van der Waals surface area contributed by atoms with E-state index in [1.807, 2.05) is 6.20 Å². The molecule has 0 amide bonds. The Balaban J connectivity index is 2.40. The number of aromatic nitrogens is 2. The minimum atomic E-state index is 0.266. The molecule has 3 heteroatoms. The van der Waals surface area contributed by atoms with Gasteiger partial charge >= 0.3 is 0 Å². The molecule has 0 aliphatic rings. The summed E-state index contributed by atoms with van der Waals surface area (Å²) >= 11 is 0. The predicted octanol–water partition coefficient (Wildman–Crippen LogP) is 3.57. The number of imidazole rings is 1. The van der Waals surface area contributed by atoms with Crippen molar-refractivity contribution in [1.29, 1.82) is 0 Å². The number of H-pyrrole nitrogens is 1. The lowest BCUT2D eigenvalue weighted by Crippen LogP contribution is -2.10. The molecule has 1 aromatic heterocycles. The summed E-state index contributed by atoms with van der Waals surface area (Å²) in [6.07, 6.45) is 1.91. The second-order valence-corrected chi connectivity index (χ2v) is 5.55. The van der Waals surface area contributed by atoms with Gasteiger partial charge in [-0.15, -0.1) is 0 Å². The van der Waals surface area contributed by atoms with Crippen molar-refractivity contribution in [3.05, 3.63) is 41.3 Å². The molecule has 0 fully saturated rings. The molecule has 0 radical (unpaired) electrons. The van der Waals surface area contributed by atoms with E-state index in [1.54, 1.807) is 0 Å². The highest BCUT2D eigenvalue weighted by atomic mass is 14.9.